The Balaban J connectivity index is 1.58. The van der Waals surface area contributed by atoms with Crippen molar-refractivity contribution in [2.75, 3.05) is 5.75 Å². The molecule has 0 unspecified atom stereocenters. The second-order valence-corrected chi connectivity index (χ2v) is 8.27. The van der Waals surface area contributed by atoms with Crippen molar-refractivity contribution in [3.05, 3.63) is 78.4 Å². The number of benzene rings is 3. The number of esters is 1. The van der Waals surface area contributed by atoms with Gasteiger partial charge in [0.2, 0.25) is 0 Å². The lowest BCUT2D eigenvalue weighted by Crippen LogP contribution is -2.11. The van der Waals surface area contributed by atoms with Crippen molar-refractivity contribution in [1.82, 2.24) is 0 Å². The first-order valence-electron chi connectivity index (χ1n) is 9.61. The van der Waals surface area contributed by atoms with E-state index < -0.39 is 0 Å². The molecule has 0 amide bonds. The van der Waals surface area contributed by atoms with Gasteiger partial charge >= 0.3 is 5.97 Å². The van der Waals surface area contributed by atoms with Crippen molar-refractivity contribution in [1.29, 1.82) is 0 Å². The Kier molecular flexibility index (Phi) is 6.94. The van der Waals surface area contributed by atoms with Crippen LogP contribution in [0.2, 0.25) is 0 Å². The minimum absolute atomic E-state index is 0.0471. The fourth-order valence-electron chi connectivity index (χ4n) is 2.92. The molecule has 0 aliphatic heterocycles. The Hall–Kier alpha value is -2.52. The molecule has 0 aliphatic carbocycles. The van der Waals surface area contributed by atoms with Crippen LogP contribution in [0.5, 0.6) is 0 Å². The third-order valence-corrected chi connectivity index (χ3v) is 5.41. The van der Waals surface area contributed by atoms with Crippen LogP contribution in [0, 0.1) is 6.92 Å². The van der Waals surface area contributed by atoms with Crippen LogP contribution < -0.4 is 0 Å². The van der Waals surface area contributed by atoms with Gasteiger partial charge < -0.3 is 4.74 Å². The van der Waals surface area contributed by atoms with Crippen molar-refractivity contribution >= 4 is 17.7 Å². The lowest BCUT2D eigenvalue weighted by atomic mass is 10.00. The van der Waals surface area contributed by atoms with Gasteiger partial charge in [0.1, 0.15) is 0 Å². The molecule has 3 heteroatoms. The molecule has 0 aromatic heterocycles. The lowest BCUT2D eigenvalue weighted by Gasteiger charge is -2.08. The predicted molar refractivity (Wildman–Crippen MR) is 119 cm³/mol. The van der Waals surface area contributed by atoms with Crippen LogP contribution >= 0.6 is 11.8 Å². The second-order valence-electron chi connectivity index (χ2n) is 7.10. The number of aryl methyl sites for hydroxylation is 1. The van der Waals surface area contributed by atoms with Gasteiger partial charge in [0.15, 0.2) is 0 Å². The zero-order valence-electron chi connectivity index (χ0n) is 16.6. The quantitative estimate of drug-likeness (QED) is 0.329. The Morgan fingerprint density at radius 2 is 1.21 bits per heavy atom. The maximum atomic E-state index is 11.6. The van der Waals surface area contributed by atoms with Gasteiger partial charge in [-0.1, -0.05) is 66.2 Å². The molecule has 28 heavy (non-hydrogen) atoms. The first-order valence-corrected chi connectivity index (χ1v) is 10.6. The van der Waals surface area contributed by atoms with Gasteiger partial charge in [-0.3, -0.25) is 4.79 Å². The number of hydrogen-bond donors (Lipinski definition) is 0. The number of ether oxygens (including phenoxy) is 1. The summed E-state index contributed by atoms with van der Waals surface area (Å²) in [5.41, 5.74) is 6.13. The lowest BCUT2D eigenvalue weighted by molar-refractivity contribution is -0.146. The standard InChI is InChI=1S/C25H26O2S/c1-18(2)27-25(26)16-17-28-24-14-12-23(13-15-24)22-10-8-21(9-11-22)20-6-4-19(3)5-7-20/h4-15,18H,16-17H2,1-3H3. The second kappa shape index (κ2) is 9.61. The van der Waals surface area contributed by atoms with E-state index in [2.05, 4.69) is 79.7 Å². The third kappa shape index (κ3) is 5.74. The molecule has 2 nitrogen and oxygen atoms in total. The summed E-state index contributed by atoms with van der Waals surface area (Å²) in [7, 11) is 0. The highest BCUT2D eigenvalue weighted by Gasteiger charge is 2.06. The van der Waals surface area contributed by atoms with Gasteiger partial charge in [-0.05, 0) is 55.2 Å². The summed E-state index contributed by atoms with van der Waals surface area (Å²) in [5.74, 6) is 0.601. The number of hydrogen-bond acceptors (Lipinski definition) is 3. The van der Waals surface area contributed by atoms with Crippen molar-refractivity contribution in [3.8, 4) is 22.3 Å². The molecule has 3 aromatic rings. The fraction of sp³-hybridized carbons (Fsp3) is 0.240. The molecule has 3 rings (SSSR count). The molecule has 0 saturated carbocycles. The zero-order chi connectivity index (χ0) is 19.9. The monoisotopic (exact) mass is 390 g/mol. The summed E-state index contributed by atoms with van der Waals surface area (Å²) in [6.07, 6.45) is 0.389. The van der Waals surface area contributed by atoms with E-state index in [1.165, 1.54) is 27.8 Å². The molecule has 0 spiro atoms. The van der Waals surface area contributed by atoms with E-state index in [-0.39, 0.29) is 12.1 Å². The normalized spacial score (nSPS) is 10.9. The zero-order valence-corrected chi connectivity index (χ0v) is 17.5. The predicted octanol–water partition coefficient (Wildman–Crippen LogP) is 6.76. The van der Waals surface area contributed by atoms with Crippen LogP contribution in [0.15, 0.2) is 77.7 Å². The van der Waals surface area contributed by atoms with Crippen molar-refractivity contribution in [3.63, 3.8) is 0 Å². The minimum Gasteiger partial charge on any atom is -0.463 e. The molecule has 0 heterocycles. The summed E-state index contributed by atoms with van der Waals surface area (Å²) >= 11 is 1.68. The molecular formula is C25H26O2S. The molecule has 0 bridgehead atoms. The van der Waals surface area contributed by atoms with Crippen LogP contribution in [0.3, 0.4) is 0 Å². The SMILES string of the molecule is Cc1ccc(-c2ccc(-c3ccc(SCCC(=O)OC(C)C)cc3)cc2)cc1. The topological polar surface area (TPSA) is 26.3 Å². The molecule has 144 valence electrons. The van der Waals surface area contributed by atoms with E-state index in [9.17, 15) is 4.79 Å². The van der Waals surface area contributed by atoms with Crippen molar-refractivity contribution in [2.45, 2.75) is 38.2 Å². The smallest absolute Gasteiger partial charge is 0.306 e. The maximum Gasteiger partial charge on any atom is 0.306 e. The first-order chi connectivity index (χ1) is 13.5. The summed E-state index contributed by atoms with van der Waals surface area (Å²) in [6.45, 7) is 5.85. The van der Waals surface area contributed by atoms with E-state index in [0.29, 0.717) is 6.42 Å². The van der Waals surface area contributed by atoms with E-state index >= 15 is 0 Å². The summed E-state index contributed by atoms with van der Waals surface area (Å²) in [6, 6.07) is 25.8. The average Bonchev–Trinajstić information content (AvgIpc) is 2.69. The Labute approximate surface area is 171 Å². The van der Waals surface area contributed by atoms with E-state index in [0.717, 1.165) is 10.6 Å². The summed E-state index contributed by atoms with van der Waals surface area (Å²) < 4.78 is 5.16. The number of rotatable bonds is 7. The van der Waals surface area contributed by atoms with Gasteiger partial charge in [-0.25, -0.2) is 0 Å². The molecule has 0 aliphatic rings. The van der Waals surface area contributed by atoms with Gasteiger partial charge in [-0.2, -0.15) is 0 Å². The first kappa shape index (κ1) is 20.2. The Morgan fingerprint density at radius 1 is 0.786 bits per heavy atom. The number of carbonyl (C=O) groups excluding carboxylic acids is 1. The van der Waals surface area contributed by atoms with Crippen LogP contribution in [0.4, 0.5) is 0 Å². The van der Waals surface area contributed by atoms with E-state index in [1.807, 2.05) is 13.8 Å². The summed E-state index contributed by atoms with van der Waals surface area (Å²) in [5, 5.41) is 0. The molecule has 0 N–H and O–H groups in total. The molecule has 3 aromatic carbocycles. The van der Waals surface area contributed by atoms with Crippen LogP contribution in [0.1, 0.15) is 25.8 Å². The van der Waals surface area contributed by atoms with E-state index in [1.54, 1.807) is 11.8 Å². The Bertz CT molecular complexity index is 895. The van der Waals surface area contributed by atoms with Gasteiger partial charge in [0.05, 0.1) is 12.5 Å². The van der Waals surface area contributed by atoms with Crippen LogP contribution in [0.25, 0.3) is 22.3 Å². The average molecular weight is 391 g/mol. The molecule has 0 atom stereocenters. The van der Waals surface area contributed by atoms with Gasteiger partial charge in [0, 0.05) is 10.6 Å². The Morgan fingerprint density at radius 3 is 1.68 bits per heavy atom. The number of carbonyl (C=O) groups is 1. The maximum absolute atomic E-state index is 11.6. The van der Waals surface area contributed by atoms with Gasteiger partial charge in [-0.15, -0.1) is 11.8 Å². The van der Waals surface area contributed by atoms with Gasteiger partial charge in [0.25, 0.3) is 0 Å². The van der Waals surface area contributed by atoms with Crippen LogP contribution in [-0.4, -0.2) is 17.8 Å². The van der Waals surface area contributed by atoms with Crippen LogP contribution in [-0.2, 0) is 9.53 Å². The molecule has 0 fully saturated rings. The molecule has 0 saturated heterocycles. The van der Waals surface area contributed by atoms with Crippen molar-refractivity contribution in [2.24, 2.45) is 0 Å². The largest absolute Gasteiger partial charge is 0.463 e. The highest BCUT2D eigenvalue weighted by atomic mass is 32.2. The van der Waals surface area contributed by atoms with Crippen molar-refractivity contribution < 1.29 is 9.53 Å². The summed E-state index contributed by atoms with van der Waals surface area (Å²) in [4.78, 5) is 12.8. The third-order valence-electron chi connectivity index (χ3n) is 4.40. The molecule has 0 radical (unpaired) electrons. The minimum atomic E-state index is -0.132. The van der Waals surface area contributed by atoms with E-state index in [4.69, 9.17) is 4.74 Å². The highest BCUT2D eigenvalue weighted by Crippen LogP contribution is 2.27. The number of thioether (sulfide) groups is 1. The fourth-order valence-corrected chi connectivity index (χ4v) is 3.75. The molecular weight excluding hydrogens is 364 g/mol. The highest BCUT2D eigenvalue weighted by molar-refractivity contribution is 7.99.